The van der Waals surface area contributed by atoms with E-state index >= 15 is 0 Å². The van der Waals surface area contributed by atoms with Gasteiger partial charge >= 0.3 is 5.97 Å². The van der Waals surface area contributed by atoms with Crippen molar-refractivity contribution < 1.29 is 20.1 Å². The molecular weight excluding hydrogens is 476 g/mol. The van der Waals surface area contributed by atoms with E-state index in [4.69, 9.17) is 0 Å². The third-order valence-corrected chi connectivity index (χ3v) is 8.65. The van der Waals surface area contributed by atoms with Gasteiger partial charge < -0.3 is 20.6 Å². The van der Waals surface area contributed by atoms with Crippen molar-refractivity contribution in [1.29, 1.82) is 0 Å². The maximum Gasteiger partial charge on any atom is 0.307 e. The van der Waals surface area contributed by atoms with Crippen molar-refractivity contribution in [2.45, 2.75) is 64.6 Å². The van der Waals surface area contributed by atoms with Gasteiger partial charge in [0.2, 0.25) is 5.95 Å². The highest BCUT2D eigenvalue weighted by atomic mass is 32.1. The molecule has 2 aliphatic rings. The standard InChI is InChI=1S/C27H32N4O4S/c1-15-10-17(12-18(11-15)30-25-28-9-7-20(31-25)22(32)16-4-5-16)21-13-29-24(36-21)27(35)8-6-19(23(33)34)26(2,3)14-27/h7,9-13,16,19,22,32,35H,4-6,8,14H2,1-3H3,(H,33,34)(H,28,30,31)/t19-,22-,27-/m1/s1. The van der Waals surface area contributed by atoms with E-state index in [1.54, 1.807) is 18.5 Å². The Balaban J connectivity index is 1.37. The molecule has 2 fully saturated rings. The molecule has 0 saturated heterocycles. The van der Waals surface area contributed by atoms with Gasteiger partial charge in [-0.1, -0.05) is 19.9 Å². The van der Waals surface area contributed by atoms with Crippen molar-refractivity contribution in [3.63, 3.8) is 0 Å². The van der Waals surface area contributed by atoms with Crippen molar-refractivity contribution in [2.75, 3.05) is 5.32 Å². The van der Waals surface area contributed by atoms with Gasteiger partial charge in [-0.2, -0.15) is 0 Å². The lowest BCUT2D eigenvalue weighted by Crippen LogP contribution is -2.44. The summed E-state index contributed by atoms with van der Waals surface area (Å²) in [5, 5.41) is 35.3. The smallest absolute Gasteiger partial charge is 0.307 e. The van der Waals surface area contributed by atoms with Gasteiger partial charge in [-0.3, -0.25) is 4.79 Å². The normalized spacial score (nSPS) is 24.3. The summed E-state index contributed by atoms with van der Waals surface area (Å²) in [6.45, 7) is 5.82. The molecule has 0 amide bonds. The minimum Gasteiger partial charge on any atom is -0.481 e. The number of aromatic nitrogens is 3. The first-order valence-corrected chi connectivity index (χ1v) is 13.2. The molecule has 5 rings (SSSR count). The van der Waals surface area contributed by atoms with E-state index in [9.17, 15) is 20.1 Å². The second-order valence-corrected chi connectivity index (χ2v) is 12.0. The molecule has 0 spiro atoms. The van der Waals surface area contributed by atoms with Crippen molar-refractivity contribution >= 4 is 28.9 Å². The van der Waals surface area contributed by atoms with Crippen LogP contribution in [-0.4, -0.2) is 36.2 Å². The number of hydrogen-bond donors (Lipinski definition) is 4. The van der Waals surface area contributed by atoms with E-state index in [0.717, 1.165) is 34.5 Å². The Morgan fingerprint density at radius 1 is 1.19 bits per heavy atom. The Kier molecular flexibility index (Phi) is 6.34. The SMILES string of the molecule is Cc1cc(Nc2nccc([C@H](O)C3CC3)n2)cc(-c2cnc([C@@]3(O)CC[C@H](C(=O)O)C(C)(C)C3)s2)c1. The lowest BCUT2D eigenvalue weighted by Gasteiger charge is -2.44. The fraction of sp³-hybridized carbons (Fsp3) is 0.481. The van der Waals surface area contributed by atoms with Crippen molar-refractivity contribution in [3.05, 3.63) is 52.9 Å². The maximum absolute atomic E-state index is 11.7. The van der Waals surface area contributed by atoms with Crippen molar-refractivity contribution in [2.24, 2.45) is 17.3 Å². The first-order chi connectivity index (χ1) is 17.0. The molecule has 2 heterocycles. The molecule has 1 aromatic carbocycles. The Bertz CT molecular complexity index is 1290. The van der Waals surface area contributed by atoms with Crippen LogP contribution in [0.25, 0.3) is 10.4 Å². The van der Waals surface area contributed by atoms with Crippen LogP contribution < -0.4 is 5.32 Å². The summed E-state index contributed by atoms with van der Waals surface area (Å²) in [7, 11) is 0. The van der Waals surface area contributed by atoms with E-state index < -0.39 is 29.0 Å². The van der Waals surface area contributed by atoms with Crippen LogP contribution in [0.5, 0.6) is 0 Å². The average molecular weight is 509 g/mol. The molecule has 8 nitrogen and oxygen atoms in total. The molecule has 4 N–H and O–H groups in total. The summed E-state index contributed by atoms with van der Waals surface area (Å²) in [4.78, 5) is 26.0. The highest BCUT2D eigenvalue weighted by molar-refractivity contribution is 7.15. The van der Waals surface area contributed by atoms with Crippen molar-refractivity contribution in [3.8, 4) is 10.4 Å². The summed E-state index contributed by atoms with van der Waals surface area (Å²) in [6, 6.07) is 7.81. The van der Waals surface area contributed by atoms with Crippen LogP contribution in [-0.2, 0) is 10.4 Å². The Hall–Kier alpha value is -2.88. The van der Waals surface area contributed by atoms with Crippen LogP contribution in [0.4, 0.5) is 11.6 Å². The van der Waals surface area contributed by atoms with Gasteiger partial charge in [-0.25, -0.2) is 15.0 Å². The van der Waals surface area contributed by atoms with E-state index in [0.29, 0.717) is 41.8 Å². The number of aliphatic carboxylic acids is 1. The number of carboxylic acids is 1. The van der Waals surface area contributed by atoms with Gasteiger partial charge in [-0.05, 0) is 79.7 Å². The van der Waals surface area contributed by atoms with E-state index in [2.05, 4.69) is 26.3 Å². The largest absolute Gasteiger partial charge is 0.481 e. The average Bonchev–Trinajstić information content (AvgIpc) is 3.52. The number of aryl methyl sites for hydroxylation is 1. The minimum absolute atomic E-state index is 0.290. The van der Waals surface area contributed by atoms with Gasteiger partial charge in [0, 0.05) is 18.1 Å². The predicted octanol–water partition coefficient (Wildman–Crippen LogP) is 5.19. The van der Waals surface area contributed by atoms with Crippen LogP contribution in [0.2, 0.25) is 0 Å². The molecule has 2 saturated carbocycles. The summed E-state index contributed by atoms with van der Waals surface area (Å²) >= 11 is 1.44. The topological polar surface area (TPSA) is 128 Å². The summed E-state index contributed by atoms with van der Waals surface area (Å²) in [5.41, 5.74) is 1.77. The molecule has 2 aromatic heterocycles. The molecule has 2 aliphatic carbocycles. The first-order valence-electron chi connectivity index (χ1n) is 12.4. The van der Waals surface area contributed by atoms with Crippen molar-refractivity contribution in [1.82, 2.24) is 15.0 Å². The molecule has 3 atom stereocenters. The van der Waals surface area contributed by atoms with Crippen LogP contribution in [0.1, 0.15) is 68.3 Å². The van der Waals surface area contributed by atoms with Crippen LogP contribution >= 0.6 is 11.3 Å². The van der Waals surface area contributed by atoms with Gasteiger partial charge in [0.1, 0.15) is 10.6 Å². The number of rotatable bonds is 7. The zero-order valence-corrected chi connectivity index (χ0v) is 21.5. The Labute approximate surface area is 214 Å². The van der Waals surface area contributed by atoms with E-state index in [1.165, 1.54) is 11.3 Å². The van der Waals surface area contributed by atoms with Crippen LogP contribution in [0, 0.1) is 24.2 Å². The van der Waals surface area contributed by atoms with Gasteiger partial charge in [0.25, 0.3) is 0 Å². The molecule has 0 aliphatic heterocycles. The number of thiazole rings is 1. The lowest BCUT2D eigenvalue weighted by molar-refractivity contribution is -0.154. The summed E-state index contributed by atoms with van der Waals surface area (Å²) in [6.07, 6.45) is 6.07. The fourth-order valence-electron chi connectivity index (χ4n) is 5.38. The van der Waals surface area contributed by atoms with Crippen LogP contribution in [0.3, 0.4) is 0 Å². The van der Waals surface area contributed by atoms with E-state index in [1.807, 2.05) is 32.9 Å². The molecule has 36 heavy (non-hydrogen) atoms. The molecule has 3 aromatic rings. The highest BCUT2D eigenvalue weighted by Gasteiger charge is 2.49. The second kappa shape index (κ2) is 9.21. The molecule has 0 radical (unpaired) electrons. The lowest BCUT2D eigenvalue weighted by atomic mass is 9.63. The monoisotopic (exact) mass is 508 g/mol. The third-order valence-electron chi connectivity index (χ3n) is 7.41. The number of anilines is 2. The minimum atomic E-state index is -1.14. The summed E-state index contributed by atoms with van der Waals surface area (Å²) < 4.78 is 0. The van der Waals surface area contributed by atoms with Gasteiger partial charge in [-0.15, -0.1) is 11.3 Å². The van der Waals surface area contributed by atoms with Gasteiger partial charge in [0.15, 0.2) is 0 Å². The van der Waals surface area contributed by atoms with Crippen LogP contribution in [0.15, 0.2) is 36.7 Å². The summed E-state index contributed by atoms with van der Waals surface area (Å²) in [5.74, 6) is -0.564. The number of nitrogens with zero attached hydrogens (tertiary/aromatic N) is 3. The Morgan fingerprint density at radius 2 is 1.97 bits per heavy atom. The number of nitrogens with one attached hydrogen (secondary N) is 1. The number of aliphatic hydroxyl groups is 2. The maximum atomic E-state index is 11.7. The molecule has 0 bridgehead atoms. The highest BCUT2D eigenvalue weighted by Crippen LogP contribution is 2.51. The number of carboxylic acid groups (broad SMARTS) is 1. The molecule has 0 unspecified atom stereocenters. The third kappa shape index (κ3) is 5.00. The number of benzene rings is 1. The molecular formula is C27H32N4O4S. The first kappa shape index (κ1) is 24.8. The second-order valence-electron chi connectivity index (χ2n) is 11.0. The number of hydrogen-bond acceptors (Lipinski definition) is 8. The van der Waals surface area contributed by atoms with E-state index in [-0.39, 0.29) is 0 Å². The molecule has 190 valence electrons. The quantitative estimate of drug-likeness (QED) is 0.343. The number of carbonyl (C=O) groups is 1. The zero-order chi connectivity index (χ0) is 25.7. The number of aliphatic hydroxyl groups excluding tert-OH is 1. The fourth-order valence-corrected chi connectivity index (χ4v) is 6.40. The zero-order valence-electron chi connectivity index (χ0n) is 20.7. The Morgan fingerprint density at radius 3 is 2.67 bits per heavy atom. The predicted molar refractivity (Wildman–Crippen MR) is 138 cm³/mol. The molecule has 9 heteroatoms. The van der Waals surface area contributed by atoms with Gasteiger partial charge in [0.05, 0.1) is 22.6 Å².